The van der Waals surface area contributed by atoms with Crippen molar-refractivity contribution in [3.63, 3.8) is 0 Å². The summed E-state index contributed by atoms with van der Waals surface area (Å²) in [6.45, 7) is 2.13. The van der Waals surface area contributed by atoms with E-state index in [4.69, 9.17) is 9.47 Å². The number of anilines is 1. The number of methoxy groups -OCH3 is 1. The summed E-state index contributed by atoms with van der Waals surface area (Å²) in [6, 6.07) is 0.664. The van der Waals surface area contributed by atoms with E-state index in [0.717, 1.165) is 27.4 Å². The number of alkyl halides is 3. The molecule has 14 heteroatoms. The van der Waals surface area contributed by atoms with Crippen molar-refractivity contribution in [1.82, 2.24) is 28.9 Å². The molecule has 0 aliphatic carbocycles. The van der Waals surface area contributed by atoms with E-state index in [0.29, 0.717) is 26.2 Å². The van der Waals surface area contributed by atoms with E-state index < -0.39 is 36.0 Å². The zero-order valence-corrected chi connectivity index (χ0v) is 19.5. The van der Waals surface area contributed by atoms with Crippen molar-refractivity contribution >= 4 is 17.1 Å². The molecular weight excluding hydrogens is 501 g/mol. The number of nitrogens with zero attached hydrogens (tertiary/aromatic N) is 6. The number of imidazole rings is 1. The van der Waals surface area contributed by atoms with Crippen molar-refractivity contribution in [3.05, 3.63) is 42.0 Å². The van der Waals surface area contributed by atoms with Crippen molar-refractivity contribution in [2.75, 3.05) is 38.7 Å². The van der Waals surface area contributed by atoms with Crippen LogP contribution in [0.25, 0.3) is 22.3 Å². The first-order valence-electron chi connectivity index (χ1n) is 11.6. The summed E-state index contributed by atoms with van der Waals surface area (Å²) in [5, 5.41) is 7.24. The van der Waals surface area contributed by atoms with Gasteiger partial charge in [0.05, 0.1) is 50.4 Å². The lowest BCUT2D eigenvalue weighted by Crippen LogP contribution is -2.57. The molecular formula is C23H22F5N7O2. The molecule has 2 aliphatic heterocycles. The molecule has 0 saturated carbocycles. The van der Waals surface area contributed by atoms with Gasteiger partial charge in [-0.2, -0.15) is 4.98 Å². The van der Waals surface area contributed by atoms with Gasteiger partial charge in [0.25, 0.3) is 6.43 Å². The molecule has 6 heterocycles. The summed E-state index contributed by atoms with van der Waals surface area (Å²) < 4.78 is 84.2. The van der Waals surface area contributed by atoms with E-state index in [9.17, 15) is 17.6 Å². The smallest absolute Gasteiger partial charge is 0.280 e. The quantitative estimate of drug-likeness (QED) is 0.388. The second-order valence-corrected chi connectivity index (χ2v) is 9.09. The Hall–Kier alpha value is -3.52. The maximum atomic E-state index is 15.2. The first-order valence-corrected chi connectivity index (χ1v) is 11.6. The number of aromatic nitrogens is 5. The van der Waals surface area contributed by atoms with Gasteiger partial charge in [-0.05, 0) is 12.5 Å². The summed E-state index contributed by atoms with van der Waals surface area (Å²) in [7, 11) is 1.31. The molecule has 2 saturated heterocycles. The van der Waals surface area contributed by atoms with Crippen molar-refractivity contribution in [3.8, 4) is 17.0 Å². The highest BCUT2D eigenvalue weighted by Gasteiger charge is 2.36. The van der Waals surface area contributed by atoms with Crippen LogP contribution in [-0.2, 0) is 4.74 Å². The minimum atomic E-state index is -2.92. The van der Waals surface area contributed by atoms with Crippen LogP contribution in [-0.4, -0.2) is 80.6 Å². The van der Waals surface area contributed by atoms with Crippen molar-refractivity contribution < 1.29 is 31.4 Å². The van der Waals surface area contributed by atoms with Gasteiger partial charge in [-0.25, -0.2) is 31.5 Å². The van der Waals surface area contributed by atoms with Crippen molar-refractivity contribution in [2.24, 2.45) is 0 Å². The standard InChI is InChI=1S/C23H22F5N7O2/c1-36-22-19-18(11-4-13(24)21-29-5-17(20(27)28)34(21)6-11)15(26)8-35(19)32-23(31-22)30-16-2-3-33(7-14(16)25)12-9-37-10-12/h4-6,8,12,14,16,20H,2-3,7,9-10H2,1H3,(H,30,32)/t14-,16-/m1/s1. The summed E-state index contributed by atoms with van der Waals surface area (Å²) >= 11 is 0. The van der Waals surface area contributed by atoms with E-state index >= 15 is 4.39 Å². The fourth-order valence-corrected chi connectivity index (χ4v) is 4.88. The molecule has 9 nitrogen and oxygen atoms in total. The molecule has 196 valence electrons. The summed E-state index contributed by atoms with van der Waals surface area (Å²) in [5.41, 5.74) is -0.971. The third-order valence-electron chi connectivity index (χ3n) is 6.87. The van der Waals surface area contributed by atoms with Gasteiger partial charge in [0.2, 0.25) is 11.8 Å². The van der Waals surface area contributed by atoms with E-state index in [2.05, 4.69) is 25.3 Å². The van der Waals surface area contributed by atoms with Gasteiger partial charge in [-0.3, -0.25) is 9.30 Å². The van der Waals surface area contributed by atoms with Crippen molar-refractivity contribution in [2.45, 2.75) is 31.1 Å². The molecule has 1 N–H and O–H groups in total. The van der Waals surface area contributed by atoms with E-state index in [1.54, 1.807) is 0 Å². The fourth-order valence-electron chi connectivity index (χ4n) is 4.88. The molecule has 2 fully saturated rings. The number of rotatable bonds is 6. The number of likely N-dealkylation sites (tertiary alicyclic amines) is 1. The number of hydrogen-bond donors (Lipinski definition) is 1. The largest absolute Gasteiger partial charge is 0.479 e. The molecule has 6 rings (SSSR count). The number of piperidine rings is 1. The Bertz CT molecular complexity index is 1470. The molecule has 0 radical (unpaired) electrons. The van der Waals surface area contributed by atoms with Crippen LogP contribution in [0.3, 0.4) is 0 Å². The lowest BCUT2D eigenvalue weighted by atomic mass is 10.0. The average molecular weight is 523 g/mol. The molecule has 4 aromatic rings. The second-order valence-electron chi connectivity index (χ2n) is 9.09. The lowest BCUT2D eigenvalue weighted by Gasteiger charge is -2.42. The number of pyridine rings is 1. The Morgan fingerprint density at radius 2 is 2.00 bits per heavy atom. The summed E-state index contributed by atoms with van der Waals surface area (Å²) in [4.78, 5) is 10.0. The Morgan fingerprint density at radius 1 is 1.19 bits per heavy atom. The normalized spacial score (nSPS) is 21.2. The van der Waals surface area contributed by atoms with Gasteiger partial charge in [-0.15, -0.1) is 5.10 Å². The van der Waals surface area contributed by atoms with Gasteiger partial charge in [0.1, 0.15) is 17.4 Å². The number of nitrogens with one attached hydrogen (secondary N) is 1. The highest BCUT2D eigenvalue weighted by molar-refractivity contribution is 5.85. The number of fused-ring (bicyclic) bond motifs is 2. The van der Waals surface area contributed by atoms with Crippen LogP contribution in [0, 0.1) is 11.6 Å². The third kappa shape index (κ3) is 4.03. The Balaban J connectivity index is 1.35. The van der Waals surface area contributed by atoms with Crippen molar-refractivity contribution in [1.29, 1.82) is 0 Å². The molecule has 0 amide bonds. The zero-order valence-electron chi connectivity index (χ0n) is 19.5. The lowest BCUT2D eigenvalue weighted by molar-refractivity contribution is -0.0794. The molecule has 4 aromatic heterocycles. The van der Waals surface area contributed by atoms with Crippen LogP contribution >= 0.6 is 0 Å². The number of ether oxygens (including phenoxy) is 2. The predicted molar refractivity (Wildman–Crippen MR) is 122 cm³/mol. The Labute approximate surface area is 206 Å². The predicted octanol–water partition coefficient (Wildman–Crippen LogP) is 3.49. The SMILES string of the molecule is COc1nc(N[C@@H]2CCN(C3COC3)C[C@H]2F)nn2cc(F)c(-c3cc(F)c4ncc(C(F)F)n4c3)c12. The monoisotopic (exact) mass is 523 g/mol. The van der Waals surface area contributed by atoms with Crippen LogP contribution in [0.1, 0.15) is 18.5 Å². The van der Waals surface area contributed by atoms with Crippen LogP contribution in [0.2, 0.25) is 0 Å². The summed E-state index contributed by atoms with van der Waals surface area (Å²) in [5.74, 6) is -1.75. The van der Waals surface area contributed by atoms with E-state index in [1.807, 2.05) is 0 Å². The molecule has 2 aliphatic rings. The minimum absolute atomic E-state index is 0.0233. The van der Waals surface area contributed by atoms with E-state index in [1.165, 1.54) is 13.3 Å². The molecule has 0 aromatic carbocycles. The topological polar surface area (TPSA) is 81.2 Å². The molecule has 37 heavy (non-hydrogen) atoms. The second kappa shape index (κ2) is 9.10. The first kappa shape index (κ1) is 23.9. The average Bonchev–Trinajstić information content (AvgIpc) is 3.40. The van der Waals surface area contributed by atoms with Gasteiger partial charge < -0.3 is 14.8 Å². The highest BCUT2D eigenvalue weighted by Crippen LogP contribution is 2.36. The fraction of sp³-hybridized carbons (Fsp3) is 0.435. The van der Waals surface area contributed by atoms with Crippen LogP contribution in [0.15, 0.2) is 24.7 Å². The minimum Gasteiger partial charge on any atom is -0.479 e. The third-order valence-corrected chi connectivity index (χ3v) is 6.87. The Kier molecular flexibility index (Phi) is 5.87. The van der Waals surface area contributed by atoms with Crippen LogP contribution in [0.5, 0.6) is 5.88 Å². The molecule has 0 unspecified atom stereocenters. The highest BCUT2D eigenvalue weighted by atomic mass is 19.3. The maximum absolute atomic E-state index is 15.2. The summed E-state index contributed by atoms with van der Waals surface area (Å²) in [6.07, 6.45) is -0.526. The maximum Gasteiger partial charge on any atom is 0.280 e. The Morgan fingerprint density at radius 3 is 2.68 bits per heavy atom. The van der Waals surface area contributed by atoms with E-state index in [-0.39, 0.29) is 46.7 Å². The zero-order chi connectivity index (χ0) is 25.8. The van der Waals surface area contributed by atoms with Gasteiger partial charge >= 0.3 is 0 Å². The van der Waals surface area contributed by atoms with Crippen LogP contribution in [0.4, 0.5) is 27.9 Å². The number of hydrogen-bond acceptors (Lipinski definition) is 7. The molecule has 0 spiro atoms. The van der Waals surface area contributed by atoms with Crippen LogP contribution < -0.4 is 10.1 Å². The number of halogens is 5. The first-order chi connectivity index (χ1) is 17.8. The van der Waals surface area contributed by atoms with Gasteiger partial charge in [0.15, 0.2) is 17.3 Å². The van der Waals surface area contributed by atoms with Gasteiger partial charge in [0, 0.05) is 24.8 Å². The molecule has 0 bridgehead atoms. The van der Waals surface area contributed by atoms with Gasteiger partial charge in [-0.1, -0.05) is 0 Å². The molecule has 2 atom stereocenters.